The molecule has 0 aliphatic heterocycles. The fourth-order valence-electron chi connectivity index (χ4n) is 2.89. The van der Waals surface area contributed by atoms with Gasteiger partial charge in [-0.2, -0.15) is 0 Å². The average Bonchev–Trinajstić information content (AvgIpc) is 2.90. The van der Waals surface area contributed by atoms with E-state index in [1.165, 1.54) is 5.56 Å². The van der Waals surface area contributed by atoms with Gasteiger partial charge in [0, 0.05) is 29.1 Å². The summed E-state index contributed by atoms with van der Waals surface area (Å²) in [6, 6.07) is 13.5. The molecular formula is C20H21ClN2O2. The average molecular weight is 357 g/mol. The summed E-state index contributed by atoms with van der Waals surface area (Å²) in [5.74, 6) is 0.117. The molecule has 0 spiro atoms. The Hall–Kier alpha value is -2.30. The molecule has 0 saturated carbocycles. The molecule has 25 heavy (non-hydrogen) atoms. The number of carbonyl (C=O) groups is 1. The van der Waals surface area contributed by atoms with Gasteiger partial charge in [-0.1, -0.05) is 35.9 Å². The van der Waals surface area contributed by atoms with E-state index in [-0.39, 0.29) is 5.91 Å². The number of nitrogens with zero attached hydrogens (tertiary/aromatic N) is 1. The number of nitrogens with one attached hydrogen (secondary N) is 1. The van der Waals surface area contributed by atoms with Gasteiger partial charge in [-0.15, -0.1) is 0 Å². The molecule has 0 unspecified atom stereocenters. The van der Waals surface area contributed by atoms with Crippen molar-refractivity contribution < 1.29 is 9.21 Å². The summed E-state index contributed by atoms with van der Waals surface area (Å²) in [4.78, 5) is 14.7. The number of halogens is 1. The van der Waals surface area contributed by atoms with Crippen molar-refractivity contribution >= 4 is 28.5 Å². The lowest BCUT2D eigenvalue weighted by atomic mass is 10.1. The quantitative estimate of drug-likeness (QED) is 0.737. The number of aryl methyl sites for hydroxylation is 1. The predicted octanol–water partition coefficient (Wildman–Crippen LogP) is 4.39. The first-order valence-electron chi connectivity index (χ1n) is 8.14. The van der Waals surface area contributed by atoms with E-state index in [9.17, 15) is 4.79 Å². The van der Waals surface area contributed by atoms with E-state index in [1.54, 1.807) is 12.1 Å². The molecule has 3 rings (SSSR count). The highest BCUT2D eigenvalue weighted by Crippen LogP contribution is 2.27. The lowest BCUT2D eigenvalue weighted by Crippen LogP contribution is -2.24. The first-order valence-corrected chi connectivity index (χ1v) is 8.52. The highest BCUT2D eigenvalue weighted by Gasteiger charge is 2.18. The first-order chi connectivity index (χ1) is 12.0. The summed E-state index contributed by atoms with van der Waals surface area (Å²) in [5, 5.41) is 4.45. The summed E-state index contributed by atoms with van der Waals surface area (Å²) >= 11 is 6.03. The molecule has 0 aliphatic carbocycles. The Morgan fingerprint density at radius 1 is 1.16 bits per heavy atom. The van der Waals surface area contributed by atoms with Crippen LogP contribution in [0.5, 0.6) is 0 Å². The largest absolute Gasteiger partial charge is 0.451 e. The molecule has 5 heteroatoms. The van der Waals surface area contributed by atoms with Gasteiger partial charge in [0.1, 0.15) is 5.58 Å². The SMILES string of the molecule is Cc1c(C(=O)NCc2ccccc2CN(C)C)oc2ccc(Cl)cc12. The van der Waals surface area contributed by atoms with Crippen LogP contribution in [0.3, 0.4) is 0 Å². The summed E-state index contributed by atoms with van der Waals surface area (Å²) in [5.41, 5.74) is 3.76. The van der Waals surface area contributed by atoms with Crippen molar-refractivity contribution in [3.05, 3.63) is 69.9 Å². The molecule has 0 atom stereocenters. The van der Waals surface area contributed by atoms with Gasteiger partial charge >= 0.3 is 0 Å². The lowest BCUT2D eigenvalue weighted by molar-refractivity contribution is 0.0924. The second-order valence-electron chi connectivity index (χ2n) is 6.39. The van der Waals surface area contributed by atoms with Gasteiger partial charge in [-0.25, -0.2) is 0 Å². The van der Waals surface area contributed by atoms with E-state index in [0.29, 0.717) is 22.9 Å². The number of rotatable bonds is 5. The molecule has 3 aromatic rings. The third kappa shape index (κ3) is 3.86. The van der Waals surface area contributed by atoms with Crippen LogP contribution in [0.25, 0.3) is 11.0 Å². The maximum atomic E-state index is 12.6. The molecule has 0 aliphatic rings. The van der Waals surface area contributed by atoms with Crippen LogP contribution in [-0.2, 0) is 13.1 Å². The number of hydrogen-bond acceptors (Lipinski definition) is 3. The van der Waals surface area contributed by atoms with Gasteiger partial charge in [0.2, 0.25) is 0 Å². The molecule has 130 valence electrons. The van der Waals surface area contributed by atoms with Gasteiger partial charge in [0.15, 0.2) is 5.76 Å². The zero-order valence-electron chi connectivity index (χ0n) is 14.6. The van der Waals surface area contributed by atoms with Gasteiger partial charge in [0.05, 0.1) is 0 Å². The van der Waals surface area contributed by atoms with E-state index in [0.717, 1.165) is 23.1 Å². The topological polar surface area (TPSA) is 45.5 Å². The molecule has 0 fully saturated rings. The predicted molar refractivity (Wildman–Crippen MR) is 101 cm³/mol. The zero-order valence-corrected chi connectivity index (χ0v) is 15.4. The standard InChI is InChI=1S/C20H21ClN2O2/c1-13-17-10-16(21)8-9-18(17)25-19(13)20(24)22-11-14-6-4-5-7-15(14)12-23(2)3/h4-10H,11-12H2,1-3H3,(H,22,24). The van der Waals surface area contributed by atoms with E-state index in [2.05, 4.69) is 16.3 Å². The van der Waals surface area contributed by atoms with Gasteiger partial charge < -0.3 is 14.6 Å². The highest BCUT2D eigenvalue weighted by atomic mass is 35.5. The van der Waals surface area contributed by atoms with Crippen molar-refractivity contribution in [2.24, 2.45) is 0 Å². The lowest BCUT2D eigenvalue weighted by Gasteiger charge is -2.14. The molecule has 1 aromatic heterocycles. The number of furan rings is 1. The fourth-order valence-corrected chi connectivity index (χ4v) is 3.06. The molecular weight excluding hydrogens is 336 g/mol. The third-order valence-corrected chi connectivity index (χ3v) is 4.38. The monoisotopic (exact) mass is 356 g/mol. The molecule has 1 N–H and O–H groups in total. The smallest absolute Gasteiger partial charge is 0.287 e. The Balaban J connectivity index is 1.79. The van der Waals surface area contributed by atoms with Crippen LogP contribution in [0.4, 0.5) is 0 Å². The van der Waals surface area contributed by atoms with Crippen LogP contribution in [0.1, 0.15) is 27.2 Å². The minimum absolute atomic E-state index is 0.218. The van der Waals surface area contributed by atoms with Crippen LogP contribution in [0.15, 0.2) is 46.9 Å². The second kappa shape index (κ2) is 7.30. The van der Waals surface area contributed by atoms with Crippen molar-refractivity contribution in [1.29, 1.82) is 0 Å². The zero-order chi connectivity index (χ0) is 18.0. The van der Waals surface area contributed by atoms with E-state index >= 15 is 0 Å². The molecule has 0 radical (unpaired) electrons. The molecule has 2 aromatic carbocycles. The number of amides is 1. The maximum absolute atomic E-state index is 12.6. The Labute approximate surface area is 152 Å². The van der Waals surface area contributed by atoms with Crippen molar-refractivity contribution in [1.82, 2.24) is 10.2 Å². The van der Waals surface area contributed by atoms with Crippen molar-refractivity contribution in [2.45, 2.75) is 20.0 Å². The number of fused-ring (bicyclic) bond motifs is 1. The van der Waals surface area contributed by atoms with E-state index < -0.39 is 0 Å². The molecule has 0 saturated heterocycles. The van der Waals surface area contributed by atoms with Crippen molar-refractivity contribution in [3.8, 4) is 0 Å². The van der Waals surface area contributed by atoms with Crippen molar-refractivity contribution in [3.63, 3.8) is 0 Å². The highest BCUT2D eigenvalue weighted by molar-refractivity contribution is 6.31. The van der Waals surface area contributed by atoms with Crippen LogP contribution in [-0.4, -0.2) is 24.9 Å². The van der Waals surface area contributed by atoms with E-state index in [4.69, 9.17) is 16.0 Å². The van der Waals surface area contributed by atoms with Crippen molar-refractivity contribution in [2.75, 3.05) is 14.1 Å². The van der Waals surface area contributed by atoms with Crippen LogP contribution >= 0.6 is 11.6 Å². The Morgan fingerprint density at radius 3 is 2.60 bits per heavy atom. The summed E-state index contributed by atoms with van der Waals surface area (Å²) in [6.07, 6.45) is 0. The normalized spacial score (nSPS) is 11.2. The Kier molecular flexibility index (Phi) is 5.11. The van der Waals surface area contributed by atoms with Crippen LogP contribution in [0, 0.1) is 6.92 Å². The minimum Gasteiger partial charge on any atom is -0.451 e. The summed E-state index contributed by atoms with van der Waals surface area (Å²) < 4.78 is 5.72. The summed E-state index contributed by atoms with van der Waals surface area (Å²) in [7, 11) is 4.05. The van der Waals surface area contributed by atoms with Gasteiger partial charge in [0.25, 0.3) is 5.91 Å². The number of carbonyl (C=O) groups excluding carboxylic acids is 1. The number of hydrogen-bond donors (Lipinski definition) is 1. The van der Waals surface area contributed by atoms with Crippen LogP contribution < -0.4 is 5.32 Å². The van der Waals surface area contributed by atoms with Gasteiger partial charge in [-0.05, 0) is 50.3 Å². The Morgan fingerprint density at radius 2 is 1.88 bits per heavy atom. The fraction of sp³-hybridized carbons (Fsp3) is 0.250. The molecule has 1 amide bonds. The van der Waals surface area contributed by atoms with Gasteiger partial charge in [-0.3, -0.25) is 4.79 Å². The molecule has 1 heterocycles. The molecule has 0 bridgehead atoms. The Bertz CT molecular complexity index is 915. The second-order valence-corrected chi connectivity index (χ2v) is 6.82. The first kappa shape index (κ1) is 17.5. The summed E-state index contributed by atoms with van der Waals surface area (Å²) in [6.45, 7) is 3.16. The maximum Gasteiger partial charge on any atom is 0.287 e. The molecule has 4 nitrogen and oxygen atoms in total. The minimum atomic E-state index is -0.218. The van der Waals surface area contributed by atoms with Crippen LogP contribution in [0.2, 0.25) is 5.02 Å². The third-order valence-electron chi connectivity index (χ3n) is 4.15. The number of benzene rings is 2. The van der Waals surface area contributed by atoms with E-state index in [1.807, 2.05) is 45.3 Å².